The summed E-state index contributed by atoms with van der Waals surface area (Å²) < 4.78 is 11.3. The fraction of sp³-hybridized carbons (Fsp3) is 0.571. The quantitative estimate of drug-likeness (QED) is 0.801. The number of ether oxygens (including phenoxy) is 2. The summed E-state index contributed by atoms with van der Waals surface area (Å²) in [6.07, 6.45) is 1.01. The van der Waals surface area contributed by atoms with Crippen molar-refractivity contribution in [2.75, 3.05) is 32.8 Å². The molecule has 0 aliphatic carbocycles. The molecule has 1 aliphatic heterocycles. The van der Waals surface area contributed by atoms with Crippen molar-refractivity contribution in [2.24, 2.45) is 0 Å². The van der Waals surface area contributed by atoms with Crippen LogP contribution in [0.25, 0.3) is 0 Å². The topological polar surface area (TPSA) is 42.5 Å². The van der Waals surface area contributed by atoms with E-state index in [2.05, 4.69) is 10.6 Å². The van der Waals surface area contributed by atoms with E-state index in [-0.39, 0.29) is 0 Å². The lowest BCUT2D eigenvalue weighted by atomic mass is 10.2. The molecule has 1 aliphatic rings. The first-order valence-electron chi connectivity index (χ1n) is 6.69. The van der Waals surface area contributed by atoms with E-state index in [9.17, 15) is 0 Å². The van der Waals surface area contributed by atoms with Crippen molar-refractivity contribution in [1.82, 2.24) is 10.6 Å². The second-order valence-electron chi connectivity index (χ2n) is 4.37. The number of rotatable bonds is 6. The maximum absolute atomic E-state index is 5.80. The number of piperazine rings is 1. The first kappa shape index (κ1) is 13.2. The molecule has 0 bridgehead atoms. The summed E-state index contributed by atoms with van der Waals surface area (Å²) in [6, 6.07) is 8.34. The Bertz CT molecular complexity index is 351. The van der Waals surface area contributed by atoms with Crippen LogP contribution in [-0.4, -0.2) is 38.9 Å². The van der Waals surface area contributed by atoms with Crippen LogP contribution in [0.2, 0.25) is 0 Å². The van der Waals surface area contributed by atoms with Crippen molar-refractivity contribution in [3.63, 3.8) is 0 Å². The standard InChI is InChI=1S/C14H22N2O2/c1-2-17-13-5-3-4-6-14(13)18-10-7-12-11-15-8-9-16-12/h3-6,12,15-16H,2,7-11H2,1H3. The number of para-hydroxylation sites is 2. The lowest BCUT2D eigenvalue weighted by molar-refractivity contribution is 0.253. The van der Waals surface area contributed by atoms with E-state index < -0.39 is 0 Å². The largest absolute Gasteiger partial charge is 0.490 e. The maximum atomic E-state index is 5.80. The Morgan fingerprint density at radius 1 is 1.17 bits per heavy atom. The van der Waals surface area contributed by atoms with Gasteiger partial charge in [0.25, 0.3) is 0 Å². The van der Waals surface area contributed by atoms with Gasteiger partial charge in [0, 0.05) is 25.7 Å². The zero-order valence-electron chi connectivity index (χ0n) is 10.9. The molecule has 2 N–H and O–H groups in total. The number of hydrogen-bond donors (Lipinski definition) is 2. The van der Waals surface area contributed by atoms with E-state index in [0.717, 1.165) is 37.6 Å². The molecule has 0 saturated carbocycles. The second kappa shape index (κ2) is 7.24. The lowest BCUT2D eigenvalue weighted by Gasteiger charge is -2.24. The Balaban J connectivity index is 1.78. The van der Waals surface area contributed by atoms with Crippen molar-refractivity contribution in [2.45, 2.75) is 19.4 Å². The van der Waals surface area contributed by atoms with Gasteiger partial charge in [-0.05, 0) is 25.5 Å². The molecule has 100 valence electrons. The summed E-state index contributed by atoms with van der Waals surface area (Å²) in [6.45, 7) is 6.48. The van der Waals surface area contributed by atoms with Gasteiger partial charge in [0.05, 0.1) is 13.2 Å². The molecule has 1 heterocycles. The average molecular weight is 250 g/mol. The molecule has 1 atom stereocenters. The van der Waals surface area contributed by atoms with Crippen molar-refractivity contribution >= 4 is 0 Å². The third kappa shape index (κ3) is 3.89. The summed E-state index contributed by atoms with van der Waals surface area (Å²) in [5.41, 5.74) is 0. The van der Waals surface area contributed by atoms with Gasteiger partial charge in [-0.1, -0.05) is 12.1 Å². The van der Waals surface area contributed by atoms with Crippen LogP contribution < -0.4 is 20.1 Å². The zero-order valence-corrected chi connectivity index (χ0v) is 10.9. The Hall–Kier alpha value is -1.26. The van der Waals surface area contributed by atoms with Crippen LogP contribution in [0.4, 0.5) is 0 Å². The average Bonchev–Trinajstić information content (AvgIpc) is 2.42. The van der Waals surface area contributed by atoms with E-state index in [0.29, 0.717) is 19.3 Å². The van der Waals surface area contributed by atoms with E-state index in [1.54, 1.807) is 0 Å². The first-order valence-corrected chi connectivity index (χ1v) is 6.69. The molecule has 4 nitrogen and oxygen atoms in total. The highest BCUT2D eigenvalue weighted by atomic mass is 16.5. The summed E-state index contributed by atoms with van der Waals surface area (Å²) in [4.78, 5) is 0. The minimum absolute atomic E-state index is 0.512. The molecular weight excluding hydrogens is 228 g/mol. The van der Waals surface area contributed by atoms with Gasteiger partial charge in [-0.3, -0.25) is 0 Å². The molecule has 0 spiro atoms. The minimum Gasteiger partial charge on any atom is -0.490 e. The van der Waals surface area contributed by atoms with Crippen LogP contribution in [0.5, 0.6) is 11.5 Å². The highest BCUT2D eigenvalue weighted by Crippen LogP contribution is 2.26. The van der Waals surface area contributed by atoms with Crippen molar-refractivity contribution < 1.29 is 9.47 Å². The lowest BCUT2D eigenvalue weighted by Crippen LogP contribution is -2.48. The van der Waals surface area contributed by atoms with Gasteiger partial charge in [0.15, 0.2) is 11.5 Å². The van der Waals surface area contributed by atoms with E-state index in [1.807, 2.05) is 31.2 Å². The highest BCUT2D eigenvalue weighted by molar-refractivity contribution is 5.39. The predicted octanol–water partition coefficient (Wildman–Crippen LogP) is 1.42. The van der Waals surface area contributed by atoms with Crippen molar-refractivity contribution in [3.8, 4) is 11.5 Å². The van der Waals surface area contributed by atoms with E-state index in [1.165, 1.54) is 0 Å². The molecule has 0 amide bonds. The van der Waals surface area contributed by atoms with Crippen LogP contribution >= 0.6 is 0 Å². The third-order valence-electron chi connectivity index (χ3n) is 3.00. The molecule has 1 fully saturated rings. The monoisotopic (exact) mass is 250 g/mol. The van der Waals surface area contributed by atoms with Gasteiger partial charge < -0.3 is 20.1 Å². The van der Waals surface area contributed by atoms with E-state index >= 15 is 0 Å². The number of hydrogen-bond acceptors (Lipinski definition) is 4. The Morgan fingerprint density at radius 2 is 1.94 bits per heavy atom. The smallest absolute Gasteiger partial charge is 0.161 e. The molecule has 0 aromatic heterocycles. The molecule has 18 heavy (non-hydrogen) atoms. The SMILES string of the molecule is CCOc1ccccc1OCCC1CNCCN1. The first-order chi connectivity index (χ1) is 8.90. The van der Waals surface area contributed by atoms with Crippen LogP contribution in [0, 0.1) is 0 Å². The summed E-state index contributed by atoms with van der Waals surface area (Å²) >= 11 is 0. The minimum atomic E-state index is 0.512. The number of nitrogens with one attached hydrogen (secondary N) is 2. The molecule has 1 aromatic carbocycles. The predicted molar refractivity (Wildman–Crippen MR) is 72.4 cm³/mol. The molecule has 4 heteroatoms. The molecule has 1 saturated heterocycles. The molecule has 0 radical (unpaired) electrons. The Labute approximate surface area is 109 Å². The van der Waals surface area contributed by atoms with Crippen LogP contribution in [0.15, 0.2) is 24.3 Å². The maximum Gasteiger partial charge on any atom is 0.161 e. The van der Waals surface area contributed by atoms with Crippen LogP contribution in [0.1, 0.15) is 13.3 Å². The summed E-state index contributed by atoms with van der Waals surface area (Å²) in [5.74, 6) is 1.66. The second-order valence-corrected chi connectivity index (χ2v) is 4.37. The highest BCUT2D eigenvalue weighted by Gasteiger charge is 2.12. The fourth-order valence-electron chi connectivity index (χ4n) is 2.07. The third-order valence-corrected chi connectivity index (χ3v) is 3.00. The van der Waals surface area contributed by atoms with Crippen LogP contribution in [0.3, 0.4) is 0 Å². The molecular formula is C14H22N2O2. The molecule has 1 unspecified atom stereocenters. The van der Waals surface area contributed by atoms with Crippen molar-refractivity contribution in [3.05, 3.63) is 24.3 Å². The van der Waals surface area contributed by atoms with Crippen molar-refractivity contribution in [1.29, 1.82) is 0 Å². The van der Waals surface area contributed by atoms with Gasteiger partial charge in [0.1, 0.15) is 0 Å². The van der Waals surface area contributed by atoms with Gasteiger partial charge in [-0.15, -0.1) is 0 Å². The Morgan fingerprint density at radius 3 is 2.61 bits per heavy atom. The van der Waals surface area contributed by atoms with Gasteiger partial charge in [-0.2, -0.15) is 0 Å². The van der Waals surface area contributed by atoms with Gasteiger partial charge >= 0.3 is 0 Å². The molecule has 1 aromatic rings. The van der Waals surface area contributed by atoms with Gasteiger partial charge in [0.2, 0.25) is 0 Å². The summed E-state index contributed by atoms with van der Waals surface area (Å²) in [5, 5.41) is 6.84. The van der Waals surface area contributed by atoms with E-state index in [4.69, 9.17) is 9.47 Å². The molecule has 2 rings (SSSR count). The Kier molecular flexibility index (Phi) is 5.30. The fourth-order valence-corrected chi connectivity index (χ4v) is 2.07. The normalized spacial score (nSPS) is 19.5. The summed E-state index contributed by atoms with van der Waals surface area (Å²) in [7, 11) is 0. The van der Waals surface area contributed by atoms with Crippen LogP contribution in [-0.2, 0) is 0 Å². The van der Waals surface area contributed by atoms with Gasteiger partial charge in [-0.25, -0.2) is 0 Å². The number of benzene rings is 1. The zero-order chi connectivity index (χ0) is 12.6.